The van der Waals surface area contributed by atoms with Crippen LogP contribution >= 0.6 is 11.3 Å². The lowest BCUT2D eigenvalue weighted by Gasteiger charge is -2.29. The molecule has 4 aromatic carbocycles. The van der Waals surface area contributed by atoms with Crippen LogP contribution in [0.3, 0.4) is 0 Å². The van der Waals surface area contributed by atoms with E-state index in [-0.39, 0.29) is 6.04 Å². The van der Waals surface area contributed by atoms with Crippen LogP contribution in [-0.2, 0) is 0 Å². The fourth-order valence-corrected chi connectivity index (χ4v) is 6.96. The van der Waals surface area contributed by atoms with Gasteiger partial charge in [-0.1, -0.05) is 133 Å². The van der Waals surface area contributed by atoms with Crippen LogP contribution in [0, 0.1) is 5.92 Å². The molecular weight excluding hydrogens is 494 g/mol. The molecule has 2 heterocycles. The topological polar surface area (TPSA) is 28.5 Å². The molecule has 1 aliphatic heterocycles. The zero-order chi connectivity index (χ0) is 26.0. The Labute approximate surface area is 233 Å². The smallest absolute Gasteiger partial charge is 0.207 e. The largest absolute Gasteiger partial charge is 0.231 e. The van der Waals surface area contributed by atoms with Gasteiger partial charge in [-0.25, -0.2) is 9.99 Å². The van der Waals surface area contributed by atoms with Crippen molar-refractivity contribution in [1.29, 1.82) is 0 Å². The lowest BCUT2D eigenvalue weighted by Crippen LogP contribution is -2.28. The maximum atomic E-state index is 5.39. The maximum Gasteiger partial charge on any atom is 0.207 e. The van der Waals surface area contributed by atoms with Gasteiger partial charge in [-0.15, -0.1) is 0 Å². The summed E-state index contributed by atoms with van der Waals surface area (Å²) >= 11 is 1.74. The SMILES string of the molecule is C(=C1/CCCC2C1=NN(c1nc(-c3ccccc3)c(-c3ccccc3)s1)C2c1ccccc1)/c1ccccc1. The highest BCUT2D eigenvalue weighted by molar-refractivity contribution is 7.19. The number of rotatable bonds is 5. The lowest BCUT2D eigenvalue weighted by atomic mass is 9.77. The summed E-state index contributed by atoms with van der Waals surface area (Å²) in [4.78, 5) is 6.48. The van der Waals surface area contributed by atoms with E-state index in [1.54, 1.807) is 11.3 Å². The van der Waals surface area contributed by atoms with Crippen molar-refractivity contribution in [2.45, 2.75) is 25.3 Å². The third-order valence-corrected chi connectivity index (χ3v) is 8.77. The van der Waals surface area contributed by atoms with E-state index < -0.39 is 0 Å². The highest BCUT2D eigenvalue weighted by Crippen LogP contribution is 2.49. The molecule has 0 N–H and O–H groups in total. The van der Waals surface area contributed by atoms with Gasteiger partial charge in [0.1, 0.15) is 0 Å². The fraction of sp³-hybridized carbons (Fsp3) is 0.143. The summed E-state index contributed by atoms with van der Waals surface area (Å²) in [5.74, 6) is 0.334. The summed E-state index contributed by atoms with van der Waals surface area (Å²) in [5.41, 5.74) is 8.43. The molecule has 0 spiro atoms. The Balaban J connectivity index is 1.38. The number of aromatic nitrogens is 1. The zero-order valence-corrected chi connectivity index (χ0v) is 22.5. The molecule has 5 aromatic rings. The number of hydrogen-bond donors (Lipinski definition) is 0. The van der Waals surface area contributed by atoms with Crippen LogP contribution in [-0.4, -0.2) is 10.7 Å². The van der Waals surface area contributed by atoms with Crippen LogP contribution in [0.1, 0.15) is 36.4 Å². The van der Waals surface area contributed by atoms with Gasteiger partial charge in [0, 0.05) is 11.5 Å². The number of hydrazone groups is 1. The van der Waals surface area contributed by atoms with E-state index in [4.69, 9.17) is 10.1 Å². The molecule has 3 nitrogen and oxygen atoms in total. The molecule has 0 radical (unpaired) electrons. The van der Waals surface area contributed by atoms with Crippen molar-refractivity contribution in [2.75, 3.05) is 5.01 Å². The normalized spacial score (nSPS) is 19.6. The highest BCUT2D eigenvalue weighted by Gasteiger charge is 2.43. The Morgan fingerprint density at radius 1 is 0.718 bits per heavy atom. The molecule has 1 aromatic heterocycles. The fourth-order valence-electron chi connectivity index (χ4n) is 5.88. The van der Waals surface area contributed by atoms with Gasteiger partial charge in [-0.2, -0.15) is 5.10 Å². The monoisotopic (exact) mass is 523 g/mol. The van der Waals surface area contributed by atoms with Crippen molar-refractivity contribution in [3.63, 3.8) is 0 Å². The van der Waals surface area contributed by atoms with E-state index in [2.05, 4.69) is 132 Å². The second-order valence-electron chi connectivity index (χ2n) is 10.2. The minimum Gasteiger partial charge on any atom is -0.231 e. The van der Waals surface area contributed by atoms with E-state index in [0.29, 0.717) is 5.92 Å². The quantitative estimate of drug-likeness (QED) is 0.230. The minimum atomic E-state index is 0.124. The number of anilines is 1. The first kappa shape index (κ1) is 23.8. The zero-order valence-electron chi connectivity index (χ0n) is 21.7. The van der Waals surface area contributed by atoms with E-state index in [1.807, 2.05) is 0 Å². The number of fused-ring (bicyclic) bond motifs is 1. The average Bonchev–Trinajstić information content (AvgIpc) is 3.62. The van der Waals surface area contributed by atoms with Crippen molar-refractivity contribution in [1.82, 2.24) is 4.98 Å². The van der Waals surface area contributed by atoms with Gasteiger partial charge in [0.05, 0.1) is 22.3 Å². The van der Waals surface area contributed by atoms with E-state index in [0.717, 1.165) is 29.2 Å². The van der Waals surface area contributed by atoms with Gasteiger partial charge >= 0.3 is 0 Å². The van der Waals surface area contributed by atoms with Gasteiger partial charge in [-0.05, 0) is 47.6 Å². The third kappa shape index (κ3) is 4.62. The minimum absolute atomic E-state index is 0.124. The Morgan fingerprint density at radius 3 is 2.03 bits per heavy atom. The van der Waals surface area contributed by atoms with Crippen LogP contribution in [0.25, 0.3) is 27.8 Å². The van der Waals surface area contributed by atoms with Gasteiger partial charge in [0.15, 0.2) is 0 Å². The summed E-state index contributed by atoms with van der Waals surface area (Å²) in [7, 11) is 0. The Kier molecular flexibility index (Phi) is 6.39. The average molecular weight is 524 g/mol. The van der Waals surface area contributed by atoms with E-state index in [9.17, 15) is 0 Å². The van der Waals surface area contributed by atoms with Crippen LogP contribution < -0.4 is 5.01 Å². The first-order valence-corrected chi connectivity index (χ1v) is 14.5. The number of benzene rings is 4. The molecule has 39 heavy (non-hydrogen) atoms. The highest BCUT2D eigenvalue weighted by atomic mass is 32.1. The molecule has 1 fully saturated rings. The van der Waals surface area contributed by atoms with Crippen molar-refractivity contribution >= 4 is 28.3 Å². The lowest BCUT2D eigenvalue weighted by molar-refractivity contribution is 0.487. The van der Waals surface area contributed by atoms with Gasteiger partial charge in [0.2, 0.25) is 5.13 Å². The van der Waals surface area contributed by atoms with Crippen LogP contribution in [0.4, 0.5) is 5.13 Å². The molecule has 0 saturated heterocycles. The summed E-state index contributed by atoms with van der Waals surface area (Å²) in [6.07, 6.45) is 5.69. The number of allylic oxidation sites excluding steroid dienone is 1. The molecule has 2 unspecified atom stereocenters. The predicted octanol–water partition coefficient (Wildman–Crippen LogP) is 9.28. The van der Waals surface area contributed by atoms with Crippen LogP contribution in [0.5, 0.6) is 0 Å². The van der Waals surface area contributed by atoms with Crippen LogP contribution in [0.15, 0.2) is 132 Å². The van der Waals surface area contributed by atoms with Gasteiger partial charge in [-0.3, -0.25) is 0 Å². The standard InChI is InChI=1S/C35H29N3S/c1-5-14-25(15-6-1)24-29-22-13-23-30-31(29)37-38(33(30)27-18-9-3-10-19-27)35-36-32(26-16-7-2-8-17-26)34(39-35)28-20-11-4-12-21-28/h1-12,14-21,24,30,33H,13,22-23H2/b29-24+. The number of hydrogen-bond acceptors (Lipinski definition) is 4. The molecule has 190 valence electrons. The number of thiazole rings is 1. The summed E-state index contributed by atoms with van der Waals surface area (Å²) in [6.45, 7) is 0. The van der Waals surface area contributed by atoms with Crippen LogP contribution in [0.2, 0.25) is 0 Å². The van der Waals surface area contributed by atoms with Crippen molar-refractivity contribution in [2.24, 2.45) is 11.0 Å². The summed E-state index contributed by atoms with van der Waals surface area (Å²) < 4.78 is 0. The first-order chi connectivity index (χ1) is 19.3. The molecule has 1 saturated carbocycles. The predicted molar refractivity (Wildman–Crippen MR) is 164 cm³/mol. The molecule has 2 aliphatic rings. The second-order valence-corrected chi connectivity index (χ2v) is 11.1. The molecule has 0 bridgehead atoms. The van der Waals surface area contributed by atoms with Crippen molar-refractivity contribution in [3.8, 4) is 21.7 Å². The molecule has 7 rings (SSSR count). The first-order valence-electron chi connectivity index (χ1n) is 13.7. The Hall–Kier alpha value is -4.28. The summed E-state index contributed by atoms with van der Waals surface area (Å²) in [6, 6.07) is 42.8. The Morgan fingerprint density at radius 2 is 1.33 bits per heavy atom. The Bertz CT molecular complexity index is 1570. The van der Waals surface area contributed by atoms with Gasteiger partial charge < -0.3 is 0 Å². The molecular formula is C35H29N3S. The molecule has 1 aliphatic carbocycles. The molecule has 4 heteroatoms. The van der Waals surface area contributed by atoms with E-state index in [1.165, 1.54) is 39.3 Å². The number of nitrogens with zero attached hydrogens (tertiary/aromatic N) is 3. The maximum absolute atomic E-state index is 5.39. The van der Waals surface area contributed by atoms with Crippen molar-refractivity contribution < 1.29 is 0 Å². The summed E-state index contributed by atoms with van der Waals surface area (Å²) in [5, 5.41) is 8.56. The second kappa shape index (κ2) is 10.5. The van der Waals surface area contributed by atoms with E-state index >= 15 is 0 Å². The molecule has 0 amide bonds. The molecule has 2 atom stereocenters. The van der Waals surface area contributed by atoms with Gasteiger partial charge in [0.25, 0.3) is 0 Å². The van der Waals surface area contributed by atoms with Crippen molar-refractivity contribution in [3.05, 3.63) is 138 Å². The third-order valence-electron chi connectivity index (χ3n) is 7.68.